The van der Waals surface area contributed by atoms with E-state index in [9.17, 15) is 4.39 Å². The van der Waals surface area contributed by atoms with Crippen molar-refractivity contribution >= 4 is 16.7 Å². The number of nitrogens with one attached hydrogen (secondary N) is 1. The standard InChI is InChI=1S/C21H21FN6/c1-14(15-12-24-28(13-15)17-8-6-16(22)7-9-17)25-21-18-4-2-3-5-19(18)26-20(27-21)10-11-23/h2-9,12-14H,10-11,23H2,1H3,(H,25,26,27). The molecule has 142 valence electrons. The Bertz CT molecular complexity index is 1090. The summed E-state index contributed by atoms with van der Waals surface area (Å²) >= 11 is 0. The highest BCUT2D eigenvalue weighted by molar-refractivity contribution is 5.89. The Hall–Kier alpha value is -3.32. The Balaban J connectivity index is 1.62. The number of rotatable bonds is 6. The first-order valence-corrected chi connectivity index (χ1v) is 9.17. The molecule has 0 aliphatic heterocycles. The molecule has 0 aliphatic rings. The molecule has 4 rings (SSSR count). The normalized spacial score (nSPS) is 12.2. The molecule has 0 saturated heterocycles. The molecule has 0 radical (unpaired) electrons. The summed E-state index contributed by atoms with van der Waals surface area (Å²) in [6, 6.07) is 14.1. The fourth-order valence-corrected chi connectivity index (χ4v) is 3.06. The summed E-state index contributed by atoms with van der Waals surface area (Å²) in [4.78, 5) is 9.24. The van der Waals surface area contributed by atoms with Gasteiger partial charge in [-0.05, 0) is 49.9 Å². The van der Waals surface area contributed by atoms with Crippen LogP contribution in [0.15, 0.2) is 60.9 Å². The van der Waals surface area contributed by atoms with Gasteiger partial charge in [0, 0.05) is 23.6 Å². The molecule has 6 nitrogen and oxygen atoms in total. The largest absolute Gasteiger partial charge is 0.363 e. The van der Waals surface area contributed by atoms with Crippen molar-refractivity contribution in [3.05, 3.63) is 78.1 Å². The van der Waals surface area contributed by atoms with Gasteiger partial charge in [-0.1, -0.05) is 12.1 Å². The van der Waals surface area contributed by atoms with Crippen LogP contribution in [0.2, 0.25) is 0 Å². The van der Waals surface area contributed by atoms with Crippen molar-refractivity contribution in [2.24, 2.45) is 5.73 Å². The van der Waals surface area contributed by atoms with Crippen LogP contribution in [-0.4, -0.2) is 26.3 Å². The SMILES string of the molecule is CC(Nc1nc(CCN)nc2ccccc12)c1cnn(-c2ccc(F)cc2)c1. The van der Waals surface area contributed by atoms with Crippen molar-refractivity contribution in [1.82, 2.24) is 19.7 Å². The third-order valence-corrected chi connectivity index (χ3v) is 4.56. The number of fused-ring (bicyclic) bond motifs is 1. The van der Waals surface area contributed by atoms with Gasteiger partial charge in [-0.2, -0.15) is 5.10 Å². The molecule has 0 aliphatic carbocycles. The topological polar surface area (TPSA) is 81.7 Å². The van der Waals surface area contributed by atoms with E-state index >= 15 is 0 Å². The molecule has 0 fully saturated rings. The van der Waals surface area contributed by atoms with Gasteiger partial charge in [0.15, 0.2) is 0 Å². The smallest absolute Gasteiger partial charge is 0.138 e. The Morgan fingerprint density at radius 2 is 1.89 bits per heavy atom. The summed E-state index contributed by atoms with van der Waals surface area (Å²) in [5, 5.41) is 8.82. The first-order valence-electron chi connectivity index (χ1n) is 9.17. The molecule has 2 aromatic heterocycles. The van der Waals surface area contributed by atoms with Gasteiger partial charge in [0.05, 0.1) is 23.4 Å². The number of nitrogens with two attached hydrogens (primary N) is 1. The first kappa shape index (κ1) is 18.1. The number of para-hydroxylation sites is 1. The zero-order chi connectivity index (χ0) is 19.5. The van der Waals surface area contributed by atoms with Crippen LogP contribution in [0.3, 0.4) is 0 Å². The maximum Gasteiger partial charge on any atom is 0.138 e. The van der Waals surface area contributed by atoms with Gasteiger partial charge in [-0.15, -0.1) is 0 Å². The van der Waals surface area contributed by atoms with Crippen LogP contribution in [0, 0.1) is 5.82 Å². The fraction of sp³-hybridized carbons (Fsp3) is 0.190. The van der Waals surface area contributed by atoms with Crippen molar-refractivity contribution in [3.63, 3.8) is 0 Å². The highest BCUT2D eigenvalue weighted by Crippen LogP contribution is 2.25. The van der Waals surface area contributed by atoms with Gasteiger partial charge >= 0.3 is 0 Å². The highest BCUT2D eigenvalue weighted by atomic mass is 19.1. The summed E-state index contributed by atoms with van der Waals surface area (Å²) in [6.07, 6.45) is 4.34. The third-order valence-electron chi connectivity index (χ3n) is 4.56. The molecule has 0 saturated carbocycles. The Morgan fingerprint density at radius 3 is 2.68 bits per heavy atom. The molecule has 28 heavy (non-hydrogen) atoms. The van der Waals surface area contributed by atoms with Gasteiger partial charge in [-0.3, -0.25) is 0 Å². The molecule has 0 bridgehead atoms. The number of hydrogen-bond donors (Lipinski definition) is 2. The lowest BCUT2D eigenvalue weighted by atomic mass is 10.1. The van der Waals surface area contributed by atoms with Crippen LogP contribution in [0.1, 0.15) is 24.4 Å². The van der Waals surface area contributed by atoms with Gasteiger partial charge in [0.25, 0.3) is 0 Å². The lowest BCUT2D eigenvalue weighted by molar-refractivity contribution is 0.627. The van der Waals surface area contributed by atoms with Crippen LogP contribution in [0.25, 0.3) is 16.6 Å². The van der Waals surface area contributed by atoms with E-state index in [0.717, 1.165) is 33.8 Å². The number of nitrogens with zero attached hydrogens (tertiary/aromatic N) is 4. The zero-order valence-electron chi connectivity index (χ0n) is 15.5. The van der Waals surface area contributed by atoms with E-state index in [-0.39, 0.29) is 11.9 Å². The molecule has 4 aromatic rings. The minimum absolute atomic E-state index is 0.0294. The van der Waals surface area contributed by atoms with Crippen molar-refractivity contribution in [2.75, 3.05) is 11.9 Å². The molecule has 1 unspecified atom stereocenters. The van der Waals surface area contributed by atoms with Crippen LogP contribution in [0.5, 0.6) is 0 Å². The lowest BCUT2D eigenvalue weighted by Gasteiger charge is -2.15. The maximum atomic E-state index is 13.1. The number of hydrogen-bond acceptors (Lipinski definition) is 5. The van der Waals surface area contributed by atoms with E-state index in [0.29, 0.717) is 13.0 Å². The molecule has 2 heterocycles. The van der Waals surface area contributed by atoms with Gasteiger partial charge in [-0.25, -0.2) is 19.0 Å². The monoisotopic (exact) mass is 376 g/mol. The Kier molecular flexibility index (Phi) is 4.99. The second-order valence-corrected chi connectivity index (χ2v) is 6.60. The quantitative estimate of drug-likeness (QED) is 0.537. The molecule has 2 aromatic carbocycles. The predicted molar refractivity (Wildman–Crippen MR) is 108 cm³/mol. The molecule has 0 amide bonds. The van der Waals surface area contributed by atoms with E-state index in [1.165, 1.54) is 12.1 Å². The average Bonchev–Trinajstić information content (AvgIpc) is 3.19. The average molecular weight is 376 g/mol. The summed E-state index contributed by atoms with van der Waals surface area (Å²) in [6.45, 7) is 2.54. The second kappa shape index (κ2) is 7.74. The van der Waals surface area contributed by atoms with Crippen molar-refractivity contribution in [2.45, 2.75) is 19.4 Å². The Labute approximate surface area is 162 Å². The minimum atomic E-state index is -0.268. The predicted octanol–water partition coefficient (Wildman–Crippen LogP) is 3.63. The highest BCUT2D eigenvalue weighted by Gasteiger charge is 2.13. The van der Waals surface area contributed by atoms with Crippen molar-refractivity contribution in [1.29, 1.82) is 0 Å². The summed E-state index contributed by atoms with van der Waals surface area (Å²) in [5.74, 6) is 1.23. The van der Waals surface area contributed by atoms with Crippen LogP contribution < -0.4 is 11.1 Å². The first-order chi connectivity index (χ1) is 13.6. The third kappa shape index (κ3) is 3.70. The summed E-state index contributed by atoms with van der Waals surface area (Å²) < 4.78 is 14.9. The van der Waals surface area contributed by atoms with E-state index in [1.54, 1.807) is 23.0 Å². The van der Waals surface area contributed by atoms with E-state index in [2.05, 4.69) is 20.4 Å². The van der Waals surface area contributed by atoms with Crippen LogP contribution in [0.4, 0.5) is 10.2 Å². The molecule has 1 atom stereocenters. The fourth-order valence-electron chi connectivity index (χ4n) is 3.06. The molecule has 7 heteroatoms. The number of aromatic nitrogens is 4. The second-order valence-electron chi connectivity index (χ2n) is 6.60. The van der Waals surface area contributed by atoms with Crippen LogP contribution >= 0.6 is 0 Å². The molecule has 0 spiro atoms. The number of anilines is 1. The molecular weight excluding hydrogens is 355 g/mol. The number of halogens is 1. The lowest BCUT2D eigenvalue weighted by Crippen LogP contribution is -2.12. The maximum absolute atomic E-state index is 13.1. The van der Waals surface area contributed by atoms with Gasteiger partial charge in [0.2, 0.25) is 0 Å². The minimum Gasteiger partial charge on any atom is -0.363 e. The number of benzene rings is 2. The van der Waals surface area contributed by atoms with Gasteiger partial charge < -0.3 is 11.1 Å². The van der Waals surface area contributed by atoms with Crippen LogP contribution in [-0.2, 0) is 6.42 Å². The summed E-state index contributed by atoms with van der Waals surface area (Å²) in [5.41, 5.74) is 8.36. The molecular formula is C21H21FN6. The van der Waals surface area contributed by atoms with E-state index in [1.807, 2.05) is 37.4 Å². The van der Waals surface area contributed by atoms with Crippen molar-refractivity contribution in [3.8, 4) is 5.69 Å². The summed E-state index contributed by atoms with van der Waals surface area (Å²) in [7, 11) is 0. The van der Waals surface area contributed by atoms with E-state index < -0.39 is 0 Å². The Morgan fingerprint density at radius 1 is 1.11 bits per heavy atom. The van der Waals surface area contributed by atoms with E-state index in [4.69, 9.17) is 5.73 Å². The molecule has 3 N–H and O–H groups in total. The van der Waals surface area contributed by atoms with Crippen molar-refractivity contribution < 1.29 is 4.39 Å². The van der Waals surface area contributed by atoms with Gasteiger partial charge in [0.1, 0.15) is 17.5 Å². The zero-order valence-corrected chi connectivity index (χ0v) is 15.5.